The van der Waals surface area contributed by atoms with Crippen LogP contribution >= 0.6 is 0 Å². The minimum atomic E-state index is -1.36. The van der Waals surface area contributed by atoms with Gasteiger partial charge in [0.15, 0.2) is 0 Å². The standard InChI is InChI=1S/C16H16F2O2/c1-16(19,10-11-4-3-5-12(17)8-11)14-9-13(18)6-7-15(14)20-2/h3-9,19H,10H2,1-2H3. The summed E-state index contributed by atoms with van der Waals surface area (Å²) in [6.45, 7) is 1.55. The van der Waals surface area contributed by atoms with Crippen LogP contribution in [0.15, 0.2) is 42.5 Å². The SMILES string of the molecule is COc1ccc(F)cc1C(C)(O)Cc1cccc(F)c1. The average molecular weight is 278 g/mol. The van der Waals surface area contributed by atoms with E-state index in [1.165, 1.54) is 37.4 Å². The van der Waals surface area contributed by atoms with Gasteiger partial charge >= 0.3 is 0 Å². The Bertz CT molecular complexity index is 609. The molecule has 2 nitrogen and oxygen atoms in total. The van der Waals surface area contributed by atoms with Gasteiger partial charge in [-0.15, -0.1) is 0 Å². The highest BCUT2D eigenvalue weighted by molar-refractivity contribution is 5.39. The van der Waals surface area contributed by atoms with Crippen LogP contribution in [0.5, 0.6) is 5.75 Å². The number of benzene rings is 2. The van der Waals surface area contributed by atoms with Crippen molar-refractivity contribution in [2.45, 2.75) is 18.9 Å². The maximum atomic E-state index is 13.4. The lowest BCUT2D eigenvalue weighted by atomic mass is 9.88. The van der Waals surface area contributed by atoms with E-state index in [-0.39, 0.29) is 12.2 Å². The lowest BCUT2D eigenvalue weighted by Gasteiger charge is -2.26. The van der Waals surface area contributed by atoms with E-state index in [0.29, 0.717) is 16.9 Å². The van der Waals surface area contributed by atoms with Gasteiger partial charge in [-0.3, -0.25) is 0 Å². The molecule has 106 valence electrons. The third-order valence-electron chi connectivity index (χ3n) is 3.18. The molecule has 1 atom stereocenters. The van der Waals surface area contributed by atoms with Gasteiger partial charge in [0.25, 0.3) is 0 Å². The number of aliphatic hydroxyl groups is 1. The van der Waals surface area contributed by atoms with Gasteiger partial charge in [0.1, 0.15) is 17.4 Å². The van der Waals surface area contributed by atoms with Gasteiger partial charge < -0.3 is 9.84 Å². The minimum absolute atomic E-state index is 0.157. The van der Waals surface area contributed by atoms with Crippen molar-refractivity contribution in [3.63, 3.8) is 0 Å². The lowest BCUT2D eigenvalue weighted by molar-refractivity contribution is 0.0545. The molecule has 0 amide bonds. The second-order valence-corrected chi connectivity index (χ2v) is 4.93. The van der Waals surface area contributed by atoms with E-state index >= 15 is 0 Å². The molecular weight excluding hydrogens is 262 g/mol. The predicted molar refractivity (Wildman–Crippen MR) is 72.6 cm³/mol. The molecule has 1 unspecified atom stereocenters. The van der Waals surface area contributed by atoms with Crippen molar-refractivity contribution >= 4 is 0 Å². The van der Waals surface area contributed by atoms with Crippen LogP contribution in [0.3, 0.4) is 0 Å². The number of hydrogen-bond donors (Lipinski definition) is 1. The second-order valence-electron chi connectivity index (χ2n) is 4.93. The van der Waals surface area contributed by atoms with E-state index in [1.807, 2.05) is 0 Å². The van der Waals surface area contributed by atoms with E-state index in [2.05, 4.69) is 0 Å². The van der Waals surface area contributed by atoms with Gasteiger partial charge in [-0.1, -0.05) is 12.1 Å². The summed E-state index contributed by atoms with van der Waals surface area (Å²) in [6, 6.07) is 9.93. The highest BCUT2D eigenvalue weighted by Gasteiger charge is 2.28. The third-order valence-corrected chi connectivity index (χ3v) is 3.18. The van der Waals surface area contributed by atoms with Gasteiger partial charge in [0.05, 0.1) is 12.7 Å². The molecule has 0 aromatic heterocycles. The number of rotatable bonds is 4. The first-order valence-electron chi connectivity index (χ1n) is 6.23. The van der Waals surface area contributed by atoms with Crippen LogP contribution < -0.4 is 4.74 Å². The van der Waals surface area contributed by atoms with Crippen molar-refractivity contribution in [1.82, 2.24) is 0 Å². The van der Waals surface area contributed by atoms with Crippen molar-refractivity contribution in [3.05, 3.63) is 65.2 Å². The van der Waals surface area contributed by atoms with Gasteiger partial charge in [-0.2, -0.15) is 0 Å². The fourth-order valence-corrected chi connectivity index (χ4v) is 2.24. The van der Waals surface area contributed by atoms with Crippen LogP contribution in [0.25, 0.3) is 0 Å². The monoisotopic (exact) mass is 278 g/mol. The summed E-state index contributed by atoms with van der Waals surface area (Å²) in [6.07, 6.45) is 0.157. The molecule has 0 aliphatic rings. The Hall–Kier alpha value is -1.94. The zero-order valence-electron chi connectivity index (χ0n) is 11.4. The Morgan fingerprint density at radius 2 is 1.80 bits per heavy atom. The van der Waals surface area contributed by atoms with Crippen molar-refractivity contribution in [2.24, 2.45) is 0 Å². The summed E-state index contributed by atoms with van der Waals surface area (Å²) in [5, 5.41) is 10.6. The number of methoxy groups -OCH3 is 1. The van der Waals surface area contributed by atoms with Gasteiger partial charge in [-0.05, 0) is 42.8 Å². The molecular formula is C16H16F2O2. The molecule has 1 N–H and O–H groups in total. The van der Waals surface area contributed by atoms with Gasteiger partial charge in [0.2, 0.25) is 0 Å². The average Bonchev–Trinajstić information content (AvgIpc) is 2.38. The van der Waals surface area contributed by atoms with Crippen LogP contribution in [-0.2, 0) is 12.0 Å². The summed E-state index contributed by atoms with van der Waals surface area (Å²) in [4.78, 5) is 0. The van der Waals surface area contributed by atoms with Gasteiger partial charge in [-0.25, -0.2) is 8.78 Å². The summed E-state index contributed by atoms with van der Waals surface area (Å²) in [5.74, 6) is -0.433. The fourth-order valence-electron chi connectivity index (χ4n) is 2.24. The van der Waals surface area contributed by atoms with E-state index in [9.17, 15) is 13.9 Å². The lowest BCUT2D eigenvalue weighted by Crippen LogP contribution is -2.25. The Morgan fingerprint density at radius 3 is 2.45 bits per heavy atom. The molecule has 0 bridgehead atoms. The molecule has 0 aliphatic heterocycles. The molecule has 0 fully saturated rings. The Balaban J connectivity index is 2.37. The Labute approximate surface area is 116 Å². The molecule has 0 heterocycles. The number of ether oxygens (including phenoxy) is 1. The van der Waals surface area contributed by atoms with Crippen LogP contribution in [0.1, 0.15) is 18.1 Å². The minimum Gasteiger partial charge on any atom is -0.496 e. The van der Waals surface area contributed by atoms with Crippen LogP contribution in [-0.4, -0.2) is 12.2 Å². The zero-order valence-corrected chi connectivity index (χ0v) is 11.4. The molecule has 4 heteroatoms. The summed E-state index contributed by atoms with van der Waals surface area (Å²) in [7, 11) is 1.45. The largest absolute Gasteiger partial charge is 0.496 e. The van der Waals surface area contributed by atoms with E-state index in [4.69, 9.17) is 4.74 Å². The summed E-state index contributed by atoms with van der Waals surface area (Å²) >= 11 is 0. The van der Waals surface area contributed by atoms with Crippen molar-refractivity contribution in [2.75, 3.05) is 7.11 Å². The molecule has 2 aromatic carbocycles. The number of hydrogen-bond acceptors (Lipinski definition) is 2. The summed E-state index contributed by atoms with van der Waals surface area (Å²) < 4.78 is 31.7. The Morgan fingerprint density at radius 1 is 1.10 bits per heavy atom. The summed E-state index contributed by atoms with van der Waals surface area (Å²) in [5.41, 5.74) is -0.396. The molecule has 0 spiro atoms. The molecule has 2 aromatic rings. The highest BCUT2D eigenvalue weighted by Crippen LogP contribution is 2.33. The highest BCUT2D eigenvalue weighted by atomic mass is 19.1. The van der Waals surface area contributed by atoms with E-state index in [1.54, 1.807) is 19.1 Å². The van der Waals surface area contributed by atoms with Crippen molar-refractivity contribution in [1.29, 1.82) is 0 Å². The molecule has 20 heavy (non-hydrogen) atoms. The molecule has 2 rings (SSSR count). The topological polar surface area (TPSA) is 29.5 Å². The van der Waals surface area contributed by atoms with Crippen LogP contribution in [0.4, 0.5) is 8.78 Å². The van der Waals surface area contributed by atoms with E-state index < -0.39 is 11.4 Å². The Kier molecular flexibility index (Phi) is 4.04. The van der Waals surface area contributed by atoms with Crippen molar-refractivity contribution < 1.29 is 18.6 Å². The van der Waals surface area contributed by atoms with Crippen LogP contribution in [0, 0.1) is 11.6 Å². The first kappa shape index (κ1) is 14.5. The molecule has 0 saturated heterocycles. The first-order chi connectivity index (χ1) is 9.42. The fraction of sp³-hybridized carbons (Fsp3) is 0.250. The second kappa shape index (κ2) is 5.59. The van der Waals surface area contributed by atoms with Crippen LogP contribution in [0.2, 0.25) is 0 Å². The van der Waals surface area contributed by atoms with Gasteiger partial charge in [0, 0.05) is 12.0 Å². The van der Waals surface area contributed by atoms with Crippen molar-refractivity contribution in [3.8, 4) is 5.75 Å². The quantitative estimate of drug-likeness (QED) is 0.928. The maximum absolute atomic E-state index is 13.4. The zero-order chi connectivity index (χ0) is 14.8. The molecule has 0 aliphatic carbocycles. The van der Waals surface area contributed by atoms with E-state index in [0.717, 1.165) is 0 Å². The maximum Gasteiger partial charge on any atom is 0.125 e. The molecule has 0 saturated carbocycles. The number of halogens is 2. The third kappa shape index (κ3) is 3.14. The normalized spacial score (nSPS) is 13.8. The predicted octanol–water partition coefficient (Wildman–Crippen LogP) is 3.42. The first-order valence-corrected chi connectivity index (χ1v) is 6.23. The smallest absolute Gasteiger partial charge is 0.125 e. The molecule has 0 radical (unpaired) electrons.